The minimum absolute atomic E-state index is 0.338. The molecular weight excluding hydrogens is 166 g/mol. The molecule has 0 saturated carbocycles. The van der Waals surface area contributed by atoms with Crippen molar-refractivity contribution in [1.82, 2.24) is 4.90 Å². The molecule has 0 amide bonds. The highest BCUT2D eigenvalue weighted by atomic mass is 16.4. The molecule has 0 radical (unpaired) electrons. The maximum absolute atomic E-state index is 10.3. The van der Waals surface area contributed by atoms with Crippen LogP contribution in [-0.4, -0.2) is 35.6 Å². The summed E-state index contributed by atoms with van der Waals surface area (Å²) >= 11 is 0. The first-order valence-electron chi connectivity index (χ1n) is 5.16. The van der Waals surface area contributed by atoms with Gasteiger partial charge in [-0.15, -0.1) is 0 Å². The normalized spacial score (nSPS) is 23.6. The Morgan fingerprint density at radius 2 is 2.38 bits per heavy atom. The summed E-state index contributed by atoms with van der Waals surface area (Å²) in [5.74, 6) is -0.0309. The monoisotopic (exact) mass is 185 g/mol. The van der Waals surface area contributed by atoms with Crippen LogP contribution < -0.4 is 0 Å². The van der Waals surface area contributed by atoms with E-state index in [1.165, 1.54) is 19.4 Å². The van der Waals surface area contributed by atoms with E-state index in [1.54, 1.807) is 0 Å². The molecule has 1 aliphatic rings. The topological polar surface area (TPSA) is 40.5 Å². The molecule has 1 heterocycles. The van der Waals surface area contributed by atoms with Crippen LogP contribution in [0.3, 0.4) is 0 Å². The maximum Gasteiger partial charge on any atom is 0.303 e. The van der Waals surface area contributed by atoms with Gasteiger partial charge in [0.15, 0.2) is 0 Å². The lowest BCUT2D eigenvalue weighted by atomic mass is 10.0. The molecule has 0 bridgehead atoms. The number of carbonyl (C=O) groups is 1. The van der Waals surface area contributed by atoms with Gasteiger partial charge in [0, 0.05) is 13.0 Å². The summed E-state index contributed by atoms with van der Waals surface area (Å²) in [5.41, 5.74) is 0. The van der Waals surface area contributed by atoms with Gasteiger partial charge < -0.3 is 10.0 Å². The number of carboxylic acids is 1. The molecule has 1 fully saturated rings. The summed E-state index contributed by atoms with van der Waals surface area (Å²) in [5, 5.41) is 8.53. The lowest BCUT2D eigenvalue weighted by molar-refractivity contribution is -0.137. The molecule has 0 spiro atoms. The van der Waals surface area contributed by atoms with E-state index < -0.39 is 5.97 Å². The molecule has 0 aromatic heterocycles. The van der Waals surface area contributed by atoms with Crippen molar-refractivity contribution in [3.8, 4) is 0 Å². The Balaban J connectivity index is 2.13. The highest BCUT2D eigenvalue weighted by Gasteiger charge is 2.21. The molecule has 0 aromatic rings. The van der Waals surface area contributed by atoms with Gasteiger partial charge in [-0.1, -0.05) is 6.92 Å². The molecule has 1 aliphatic heterocycles. The van der Waals surface area contributed by atoms with Crippen molar-refractivity contribution in [3.05, 3.63) is 0 Å². The SMILES string of the molecule is CCCN1CCC(CCC(=O)O)C1. The summed E-state index contributed by atoms with van der Waals surface area (Å²) in [7, 11) is 0. The number of rotatable bonds is 5. The molecule has 1 unspecified atom stereocenters. The summed E-state index contributed by atoms with van der Waals surface area (Å²) in [6, 6.07) is 0. The fourth-order valence-electron chi connectivity index (χ4n) is 2.00. The Morgan fingerprint density at radius 1 is 1.62 bits per heavy atom. The van der Waals surface area contributed by atoms with E-state index in [4.69, 9.17) is 5.11 Å². The van der Waals surface area contributed by atoms with Crippen LogP contribution >= 0.6 is 0 Å². The third-order valence-corrected chi connectivity index (χ3v) is 2.68. The molecule has 1 saturated heterocycles. The summed E-state index contributed by atoms with van der Waals surface area (Å²) in [6.07, 6.45) is 3.58. The second-order valence-electron chi connectivity index (χ2n) is 3.89. The van der Waals surface area contributed by atoms with Gasteiger partial charge in [0.25, 0.3) is 0 Å². The minimum Gasteiger partial charge on any atom is -0.481 e. The second kappa shape index (κ2) is 5.22. The zero-order chi connectivity index (χ0) is 9.68. The number of aliphatic carboxylic acids is 1. The summed E-state index contributed by atoms with van der Waals surface area (Å²) < 4.78 is 0. The highest BCUT2D eigenvalue weighted by molar-refractivity contribution is 5.66. The molecule has 76 valence electrons. The molecule has 3 heteroatoms. The summed E-state index contributed by atoms with van der Waals surface area (Å²) in [6.45, 7) is 5.63. The quantitative estimate of drug-likeness (QED) is 0.707. The van der Waals surface area contributed by atoms with Crippen LogP contribution in [-0.2, 0) is 4.79 Å². The van der Waals surface area contributed by atoms with Gasteiger partial charge in [-0.05, 0) is 38.3 Å². The van der Waals surface area contributed by atoms with Crippen molar-refractivity contribution in [2.75, 3.05) is 19.6 Å². The van der Waals surface area contributed by atoms with E-state index >= 15 is 0 Å². The summed E-state index contributed by atoms with van der Waals surface area (Å²) in [4.78, 5) is 12.8. The van der Waals surface area contributed by atoms with Gasteiger partial charge in [-0.2, -0.15) is 0 Å². The minimum atomic E-state index is -0.658. The standard InChI is InChI=1S/C10H19NO2/c1-2-6-11-7-5-9(8-11)3-4-10(12)13/h9H,2-8H2,1H3,(H,12,13). The number of hydrogen-bond donors (Lipinski definition) is 1. The molecule has 3 nitrogen and oxygen atoms in total. The van der Waals surface area contributed by atoms with E-state index in [2.05, 4.69) is 11.8 Å². The van der Waals surface area contributed by atoms with Crippen LogP contribution in [0.4, 0.5) is 0 Å². The molecule has 0 aromatic carbocycles. The fourth-order valence-corrected chi connectivity index (χ4v) is 2.00. The van der Waals surface area contributed by atoms with Crippen LogP contribution in [0, 0.1) is 5.92 Å². The first kappa shape index (κ1) is 10.5. The molecular formula is C10H19NO2. The Bertz CT molecular complexity index is 170. The number of nitrogens with zero attached hydrogens (tertiary/aromatic N) is 1. The van der Waals surface area contributed by atoms with Crippen LogP contribution in [0.25, 0.3) is 0 Å². The third-order valence-electron chi connectivity index (χ3n) is 2.68. The van der Waals surface area contributed by atoms with Gasteiger partial charge in [-0.25, -0.2) is 0 Å². The predicted octanol–water partition coefficient (Wildman–Crippen LogP) is 1.58. The lowest BCUT2D eigenvalue weighted by Crippen LogP contribution is -2.21. The molecule has 1 N–H and O–H groups in total. The maximum atomic E-state index is 10.3. The number of hydrogen-bond acceptors (Lipinski definition) is 2. The van der Waals surface area contributed by atoms with Gasteiger partial charge >= 0.3 is 5.97 Å². The van der Waals surface area contributed by atoms with Gasteiger partial charge in [0.2, 0.25) is 0 Å². The van der Waals surface area contributed by atoms with Crippen LogP contribution in [0.1, 0.15) is 32.6 Å². The first-order valence-corrected chi connectivity index (χ1v) is 5.16. The van der Waals surface area contributed by atoms with Gasteiger partial charge in [0.05, 0.1) is 0 Å². The third kappa shape index (κ3) is 3.77. The smallest absolute Gasteiger partial charge is 0.303 e. The Labute approximate surface area is 79.7 Å². The molecule has 13 heavy (non-hydrogen) atoms. The van der Waals surface area contributed by atoms with E-state index in [0.717, 1.165) is 19.5 Å². The van der Waals surface area contributed by atoms with Crippen molar-refractivity contribution >= 4 is 5.97 Å². The first-order chi connectivity index (χ1) is 6.22. The Kier molecular flexibility index (Phi) is 4.22. The zero-order valence-corrected chi connectivity index (χ0v) is 8.33. The fraction of sp³-hybridized carbons (Fsp3) is 0.900. The average molecular weight is 185 g/mol. The molecule has 1 atom stereocenters. The van der Waals surface area contributed by atoms with E-state index in [9.17, 15) is 4.79 Å². The highest BCUT2D eigenvalue weighted by Crippen LogP contribution is 2.20. The zero-order valence-electron chi connectivity index (χ0n) is 8.33. The van der Waals surface area contributed by atoms with Crippen molar-refractivity contribution in [2.24, 2.45) is 5.92 Å². The van der Waals surface area contributed by atoms with E-state index in [1.807, 2.05) is 0 Å². The van der Waals surface area contributed by atoms with E-state index in [0.29, 0.717) is 12.3 Å². The Hall–Kier alpha value is -0.570. The number of likely N-dealkylation sites (tertiary alicyclic amines) is 1. The Morgan fingerprint density at radius 3 is 3.00 bits per heavy atom. The van der Waals surface area contributed by atoms with Crippen molar-refractivity contribution < 1.29 is 9.90 Å². The molecule has 0 aliphatic carbocycles. The predicted molar refractivity (Wildman–Crippen MR) is 51.7 cm³/mol. The van der Waals surface area contributed by atoms with Gasteiger partial charge in [-0.3, -0.25) is 4.79 Å². The largest absolute Gasteiger partial charge is 0.481 e. The van der Waals surface area contributed by atoms with Crippen LogP contribution in [0.15, 0.2) is 0 Å². The van der Waals surface area contributed by atoms with Crippen molar-refractivity contribution in [1.29, 1.82) is 0 Å². The van der Waals surface area contributed by atoms with Crippen molar-refractivity contribution in [2.45, 2.75) is 32.6 Å². The second-order valence-corrected chi connectivity index (χ2v) is 3.89. The van der Waals surface area contributed by atoms with Crippen LogP contribution in [0.5, 0.6) is 0 Å². The van der Waals surface area contributed by atoms with Crippen LogP contribution in [0.2, 0.25) is 0 Å². The lowest BCUT2D eigenvalue weighted by Gasteiger charge is -2.13. The van der Waals surface area contributed by atoms with Gasteiger partial charge in [0.1, 0.15) is 0 Å². The van der Waals surface area contributed by atoms with Crippen molar-refractivity contribution in [3.63, 3.8) is 0 Å². The molecule has 1 rings (SSSR count). The number of carboxylic acid groups (broad SMARTS) is 1. The average Bonchev–Trinajstić information content (AvgIpc) is 2.50. The van der Waals surface area contributed by atoms with E-state index in [-0.39, 0.29) is 0 Å².